The van der Waals surface area contributed by atoms with Crippen molar-refractivity contribution in [3.8, 4) is 0 Å². The Balaban J connectivity index is 1.37. The Kier molecular flexibility index (Phi) is 5.77. The fraction of sp³-hybridized carbons (Fsp3) is 0.318. The third-order valence-electron chi connectivity index (χ3n) is 5.16. The van der Waals surface area contributed by atoms with Gasteiger partial charge >= 0.3 is 0 Å². The summed E-state index contributed by atoms with van der Waals surface area (Å²) in [7, 11) is 0. The van der Waals surface area contributed by atoms with Crippen molar-refractivity contribution in [2.75, 3.05) is 18.4 Å². The number of pyridine rings is 1. The molecule has 144 valence electrons. The molecule has 1 aliphatic heterocycles. The average molecular weight is 375 g/mol. The molecule has 2 aromatic heterocycles. The molecule has 0 spiro atoms. The van der Waals surface area contributed by atoms with Crippen molar-refractivity contribution < 1.29 is 4.79 Å². The SMILES string of the molecule is O=C(Nc1ccncc1)c1cccc(CN2CCC[C@@H](Cn3ccnc3)C2)c1. The zero-order valence-electron chi connectivity index (χ0n) is 15.9. The number of piperidine rings is 1. The first-order chi connectivity index (χ1) is 13.8. The Labute approximate surface area is 165 Å². The lowest BCUT2D eigenvalue weighted by molar-refractivity contribution is 0.102. The summed E-state index contributed by atoms with van der Waals surface area (Å²) in [5.74, 6) is 0.547. The van der Waals surface area contributed by atoms with Gasteiger partial charge in [0, 0.05) is 55.7 Å². The van der Waals surface area contributed by atoms with E-state index in [2.05, 4.69) is 30.8 Å². The molecule has 1 amide bonds. The number of amides is 1. The highest BCUT2D eigenvalue weighted by atomic mass is 16.1. The normalized spacial score (nSPS) is 17.4. The predicted molar refractivity (Wildman–Crippen MR) is 109 cm³/mol. The molecule has 6 nitrogen and oxygen atoms in total. The van der Waals surface area contributed by atoms with E-state index < -0.39 is 0 Å². The highest BCUT2D eigenvalue weighted by Gasteiger charge is 2.20. The van der Waals surface area contributed by atoms with E-state index in [0.717, 1.165) is 31.9 Å². The largest absolute Gasteiger partial charge is 0.337 e. The minimum Gasteiger partial charge on any atom is -0.337 e. The summed E-state index contributed by atoms with van der Waals surface area (Å²) in [6.07, 6.45) is 11.6. The Bertz CT molecular complexity index is 894. The number of nitrogens with one attached hydrogen (secondary N) is 1. The van der Waals surface area contributed by atoms with Crippen LogP contribution in [0.5, 0.6) is 0 Å². The molecule has 6 heteroatoms. The van der Waals surface area contributed by atoms with Crippen LogP contribution < -0.4 is 5.32 Å². The third-order valence-corrected chi connectivity index (χ3v) is 5.16. The predicted octanol–water partition coefficient (Wildman–Crippen LogP) is 3.44. The molecular weight excluding hydrogens is 350 g/mol. The van der Waals surface area contributed by atoms with E-state index in [0.29, 0.717) is 11.5 Å². The molecule has 1 fully saturated rings. The van der Waals surface area contributed by atoms with Crippen LogP contribution in [0.3, 0.4) is 0 Å². The fourth-order valence-corrected chi connectivity index (χ4v) is 3.84. The van der Waals surface area contributed by atoms with Gasteiger partial charge in [0.25, 0.3) is 5.91 Å². The molecular formula is C22H25N5O. The first kappa shape index (κ1) is 18.4. The summed E-state index contributed by atoms with van der Waals surface area (Å²) >= 11 is 0. The van der Waals surface area contributed by atoms with Crippen molar-refractivity contribution in [3.05, 3.63) is 78.6 Å². The average Bonchev–Trinajstić information content (AvgIpc) is 3.22. The van der Waals surface area contributed by atoms with Crippen molar-refractivity contribution in [2.45, 2.75) is 25.9 Å². The van der Waals surface area contributed by atoms with E-state index in [1.165, 1.54) is 18.4 Å². The van der Waals surface area contributed by atoms with Crippen molar-refractivity contribution in [3.63, 3.8) is 0 Å². The molecule has 0 aliphatic carbocycles. The molecule has 0 saturated carbocycles. The molecule has 1 atom stereocenters. The van der Waals surface area contributed by atoms with Gasteiger partial charge in [-0.2, -0.15) is 0 Å². The van der Waals surface area contributed by atoms with Crippen LogP contribution in [0.25, 0.3) is 0 Å². The van der Waals surface area contributed by atoms with Crippen LogP contribution in [0.4, 0.5) is 5.69 Å². The van der Waals surface area contributed by atoms with Crippen LogP contribution in [0.15, 0.2) is 67.5 Å². The van der Waals surface area contributed by atoms with Crippen molar-refractivity contribution >= 4 is 11.6 Å². The maximum absolute atomic E-state index is 12.5. The molecule has 1 saturated heterocycles. The lowest BCUT2D eigenvalue weighted by atomic mass is 9.97. The molecule has 1 aliphatic rings. The summed E-state index contributed by atoms with van der Waals surface area (Å²) < 4.78 is 2.16. The fourth-order valence-electron chi connectivity index (χ4n) is 3.84. The van der Waals surface area contributed by atoms with Gasteiger partial charge in [-0.15, -0.1) is 0 Å². The molecule has 0 radical (unpaired) electrons. The van der Waals surface area contributed by atoms with Gasteiger partial charge in [0.05, 0.1) is 6.33 Å². The number of imidazole rings is 1. The van der Waals surface area contributed by atoms with E-state index in [-0.39, 0.29) is 5.91 Å². The van der Waals surface area contributed by atoms with Crippen molar-refractivity contribution in [1.82, 2.24) is 19.4 Å². The smallest absolute Gasteiger partial charge is 0.255 e. The van der Waals surface area contributed by atoms with Crippen molar-refractivity contribution in [1.29, 1.82) is 0 Å². The van der Waals surface area contributed by atoms with E-state index in [1.54, 1.807) is 24.5 Å². The van der Waals surface area contributed by atoms with Gasteiger partial charge in [-0.25, -0.2) is 4.98 Å². The number of rotatable bonds is 6. The highest BCUT2D eigenvalue weighted by Crippen LogP contribution is 2.21. The topological polar surface area (TPSA) is 63.1 Å². The second kappa shape index (κ2) is 8.80. The molecule has 0 bridgehead atoms. The van der Waals surface area contributed by atoms with E-state index in [4.69, 9.17) is 0 Å². The quantitative estimate of drug-likeness (QED) is 0.717. The number of anilines is 1. The lowest BCUT2D eigenvalue weighted by Gasteiger charge is -2.33. The number of hydrogen-bond donors (Lipinski definition) is 1. The molecule has 28 heavy (non-hydrogen) atoms. The summed E-state index contributed by atoms with van der Waals surface area (Å²) in [6.45, 7) is 4.07. The molecule has 1 N–H and O–H groups in total. The maximum atomic E-state index is 12.5. The number of carbonyl (C=O) groups excluding carboxylic acids is 1. The maximum Gasteiger partial charge on any atom is 0.255 e. The van der Waals surface area contributed by atoms with Gasteiger partial charge < -0.3 is 9.88 Å². The Morgan fingerprint density at radius 3 is 2.86 bits per heavy atom. The number of aromatic nitrogens is 3. The zero-order valence-corrected chi connectivity index (χ0v) is 15.9. The molecule has 4 rings (SSSR count). The lowest BCUT2D eigenvalue weighted by Crippen LogP contribution is -2.36. The number of benzene rings is 1. The molecule has 3 aromatic rings. The molecule has 0 unspecified atom stereocenters. The number of nitrogens with zero attached hydrogens (tertiary/aromatic N) is 4. The van der Waals surface area contributed by atoms with Crippen LogP contribution in [0.1, 0.15) is 28.8 Å². The van der Waals surface area contributed by atoms with E-state index in [9.17, 15) is 4.79 Å². The summed E-state index contributed by atoms with van der Waals surface area (Å²) in [4.78, 5) is 23.1. The zero-order chi connectivity index (χ0) is 19.2. The molecule has 1 aromatic carbocycles. The Hall–Kier alpha value is -2.99. The summed E-state index contributed by atoms with van der Waals surface area (Å²) in [5, 5.41) is 2.92. The number of likely N-dealkylation sites (tertiary alicyclic amines) is 1. The van der Waals surface area contributed by atoms with Gasteiger partial charge in [-0.1, -0.05) is 12.1 Å². The van der Waals surface area contributed by atoms with Crippen LogP contribution in [0.2, 0.25) is 0 Å². The van der Waals surface area contributed by atoms with E-state index in [1.807, 2.05) is 36.9 Å². The van der Waals surface area contributed by atoms with E-state index >= 15 is 0 Å². The highest BCUT2D eigenvalue weighted by molar-refractivity contribution is 6.04. The van der Waals surface area contributed by atoms with Crippen LogP contribution >= 0.6 is 0 Å². The standard InChI is InChI=1S/C22H25N5O/c28-22(25-21-6-8-23-9-7-21)20-5-1-3-18(13-20)14-26-11-2-4-19(15-26)16-27-12-10-24-17-27/h1,3,5-10,12-13,17,19H,2,4,11,14-16H2,(H,23,25,28)/t19-/m1/s1. The second-order valence-electron chi connectivity index (χ2n) is 7.39. The Morgan fingerprint density at radius 2 is 2.04 bits per heavy atom. The Morgan fingerprint density at radius 1 is 1.14 bits per heavy atom. The minimum absolute atomic E-state index is 0.0929. The monoisotopic (exact) mass is 375 g/mol. The van der Waals surface area contributed by atoms with Crippen LogP contribution in [0, 0.1) is 5.92 Å². The van der Waals surface area contributed by atoms with Crippen LogP contribution in [-0.4, -0.2) is 38.4 Å². The van der Waals surface area contributed by atoms with Crippen molar-refractivity contribution in [2.24, 2.45) is 5.92 Å². The second-order valence-corrected chi connectivity index (χ2v) is 7.39. The van der Waals surface area contributed by atoms with Crippen LogP contribution in [-0.2, 0) is 13.1 Å². The number of hydrogen-bond acceptors (Lipinski definition) is 4. The van der Waals surface area contributed by atoms with Gasteiger partial charge in [0.1, 0.15) is 0 Å². The first-order valence-electron chi connectivity index (χ1n) is 9.75. The van der Waals surface area contributed by atoms with Gasteiger partial charge in [0.15, 0.2) is 0 Å². The summed E-state index contributed by atoms with van der Waals surface area (Å²) in [5.41, 5.74) is 2.61. The molecule has 3 heterocycles. The van der Waals surface area contributed by atoms with Gasteiger partial charge in [0.2, 0.25) is 0 Å². The van der Waals surface area contributed by atoms with Gasteiger partial charge in [-0.05, 0) is 55.1 Å². The number of carbonyl (C=O) groups is 1. The minimum atomic E-state index is -0.0929. The third kappa shape index (κ3) is 4.84. The van der Waals surface area contributed by atoms with Gasteiger partial charge in [-0.3, -0.25) is 14.7 Å². The first-order valence-corrected chi connectivity index (χ1v) is 9.75. The summed E-state index contributed by atoms with van der Waals surface area (Å²) in [6, 6.07) is 11.5.